The van der Waals surface area contributed by atoms with E-state index in [1.807, 2.05) is 32.0 Å². The van der Waals surface area contributed by atoms with Crippen LogP contribution in [0, 0.1) is 5.92 Å². The zero-order valence-electron chi connectivity index (χ0n) is 14.7. The van der Waals surface area contributed by atoms with E-state index in [9.17, 15) is 19.8 Å². The molecule has 3 N–H and O–H groups in total. The average molecular weight is 361 g/mol. The van der Waals surface area contributed by atoms with Gasteiger partial charge >= 0.3 is 11.9 Å². The lowest BCUT2D eigenvalue weighted by Gasteiger charge is -2.22. The molecule has 1 aromatic heterocycles. The normalized spacial score (nSPS) is 13.3. The number of hydrogen-bond donors (Lipinski definition) is 3. The van der Waals surface area contributed by atoms with Crippen LogP contribution in [0.15, 0.2) is 42.9 Å². The molecule has 2 aromatic rings. The van der Waals surface area contributed by atoms with Gasteiger partial charge in [-0.2, -0.15) is 4.73 Å². The van der Waals surface area contributed by atoms with Gasteiger partial charge in [0.25, 0.3) is 0 Å². The highest BCUT2D eigenvalue weighted by molar-refractivity contribution is 5.77. The Labute approximate surface area is 151 Å². The van der Waals surface area contributed by atoms with Crippen LogP contribution in [-0.4, -0.2) is 43.9 Å². The minimum absolute atomic E-state index is 0.0318. The summed E-state index contributed by atoms with van der Waals surface area (Å²) in [6, 6.07) is 6.99. The van der Waals surface area contributed by atoms with E-state index < -0.39 is 24.0 Å². The maximum absolute atomic E-state index is 11.6. The van der Waals surface area contributed by atoms with E-state index in [-0.39, 0.29) is 12.3 Å². The smallest absolute Gasteiger partial charge is 0.321 e. The fourth-order valence-corrected chi connectivity index (χ4v) is 2.51. The molecule has 0 aliphatic heterocycles. The van der Waals surface area contributed by atoms with E-state index in [0.717, 1.165) is 0 Å². The van der Waals surface area contributed by atoms with Gasteiger partial charge in [-0.3, -0.25) is 14.9 Å². The maximum atomic E-state index is 11.6. The predicted octanol–water partition coefficient (Wildman–Crippen LogP) is 1.81. The van der Waals surface area contributed by atoms with Crippen LogP contribution >= 0.6 is 0 Å². The summed E-state index contributed by atoms with van der Waals surface area (Å²) in [5.41, 5.74) is 0.516. The van der Waals surface area contributed by atoms with Gasteiger partial charge < -0.3 is 15.1 Å². The first-order valence-electron chi connectivity index (χ1n) is 8.33. The molecule has 0 saturated carbocycles. The van der Waals surface area contributed by atoms with Crippen molar-refractivity contribution >= 4 is 11.9 Å². The summed E-state index contributed by atoms with van der Waals surface area (Å²) in [6.45, 7) is 3.77. The number of nitrogens with one attached hydrogen (secondary N) is 1. The molecular weight excluding hydrogens is 338 g/mol. The maximum Gasteiger partial charge on any atom is 0.321 e. The molecular formula is C18H23N3O5. The fraction of sp³-hybridized carbons (Fsp3) is 0.389. The van der Waals surface area contributed by atoms with Gasteiger partial charge in [0.05, 0.1) is 11.9 Å². The molecule has 8 heteroatoms. The molecule has 0 spiro atoms. The fourth-order valence-electron chi connectivity index (χ4n) is 2.51. The number of imidazole rings is 1. The third-order valence-electron chi connectivity index (χ3n) is 3.74. The lowest BCUT2D eigenvalue weighted by atomic mass is 10.0. The molecule has 140 valence electrons. The standard InChI is InChI=1S/C18H23N3O5/c1-12(2)8-15(17(22)23)20-16(18(24)25)9-13-10-19-11-21(13)26-14-6-4-3-5-7-14/h3-7,10-12,15-16,20H,8-9H2,1-2H3,(H,22,23)(H,24,25). The van der Waals surface area contributed by atoms with E-state index in [1.54, 1.807) is 12.1 Å². The van der Waals surface area contributed by atoms with Crippen LogP contribution in [-0.2, 0) is 16.0 Å². The Hall–Kier alpha value is -2.87. The van der Waals surface area contributed by atoms with Gasteiger partial charge in [0.15, 0.2) is 5.75 Å². The van der Waals surface area contributed by atoms with Gasteiger partial charge in [-0.1, -0.05) is 32.0 Å². The third-order valence-corrected chi connectivity index (χ3v) is 3.74. The van der Waals surface area contributed by atoms with E-state index in [0.29, 0.717) is 17.9 Å². The first-order valence-corrected chi connectivity index (χ1v) is 8.33. The molecule has 2 atom stereocenters. The van der Waals surface area contributed by atoms with Crippen LogP contribution in [0.2, 0.25) is 0 Å². The van der Waals surface area contributed by atoms with Crippen molar-refractivity contribution in [3.05, 3.63) is 48.5 Å². The Balaban J connectivity index is 2.12. The molecule has 0 bridgehead atoms. The van der Waals surface area contributed by atoms with Gasteiger partial charge in [0.1, 0.15) is 18.4 Å². The van der Waals surface area contributed by atoms with Gasteiger partial charge in [-0.25, -0.2) is 4.98 Å². The van der Waals surface area contributed by atoms with Crippen LogP contribution in [0.25, 0.3) is 0 Å². The Morgan fingerprint density at radius 1 is 1.15 bits per heavy atom. The molecule has 26 heavy (non-hydrogen) atoms. The molecule has 1 heterocycles. The summed E-state index contributed by atoms with van der Waals surface area (Å²) in [7, 11) is 0. The zero-order valence-corrected chi connectivity index (χ0v) is 14.7. The van der Waals surface area contributed by atoms with E-state index in [4.69, 9.17) is 4.84 Å². The summed E-state index contributed by atoms with van der Waals surface area (Å²) < 4.78 is 1.38. The molecule has 0 aliphatic carbocycles. The summed E-state index contributed by atoms with van der Waals surface area (Å²) >= 11 is 0. The molecule has 0 amide bonds. The largest absolute Gasteiger partial charge is 0.480 e. The number of carboxylic acids is 2. The second kappa shape index (κ2) is 9.00. The monoisotopic (exact) mass is 361 g/mol. The summed E-state index contributed by atoms with van der Waals surface area (Å²) in [4.78, 5) is 32.7. The molecule has 0 fully saturated rings. The molecule has 0 radical (unpaired) electrons. The zero-order chi connectivity index (χ0) is 19.1. The number of hydrogen-bond acceptors (Lipinski definition) is 5. The summed E-state index contributed by atoms with van der Waals surface area (Å²) in [5.74, 6) is -1.51. The predicted molar refractivity (Wildman–Crippen MR) is 93.8 cm³/mol. The third kappa shape index (κ3) is 5.59. The van der Waals surface area contributed by atoms with Crippen molar-refractivity contribution in [3.63, 3.8) is 0 Å². The average Bonchev–Trinajstić information content (AvgIpc) is 3.00. The van der Waals surface area contributed by atoms with Crippen LogP contribution in [0.5, 0.6) is 5.75 Å². The van der Waals surface area contributed by atoms with Gasteiger partial charge in [-0.05, 0) is 24.5 Å². The van der Waals surface area contributed by atoms with E-state index in [1.165, 1.54) is 17.3 Å². The SMILES string of the molecule is CC(C)CC(NC(Cc1cncn1Oc1ccccc1)C(=O)O)C(=O)O. The highest BCUT2D eigenvalue weighted by Crippen LogP contribution is 2.13. The second-order valence-corrected chi connectivity index (χ2v) is 6.40. The Morgan fingerprint density at radius 3 is 2.38 bits per heavy atom. The van der Waals surface area contributed by atoms with Crippen molar-refractivity contribution < 1.29 is 24.6 Å². The van der Waals surface area contributed by atoms with E-state index >= 15 is 0 Å². The van der Waals surface area contributed by atoms with Crippen molar-refractivity contribution in [1.29, 1.82) is 0 Å². The number of aliphatic carboxylic acids is 2. The number of carbonyl (C=O) groups is 2. The Morgan fingerprint density at radius 2 is 1.81 bits per heavy atom. The minimum atomic E-state index is -1.13. The van der Waals surface area contributed by atoms with Gasteiger partial charge in [0, 0.05) is 6.42 Å². The Bertz CT molecular complexity index is 729. The highest BCUT2D eigenvalue weighted by Gasteiger charge is 2.28. The second-order valence-electron chi connectivity index (χ2n) is 6.40. The van der Waals surface area contributed by atoms with Crippen molar-refractivity contribution in [2.24, 2.45) is 5.92 Å². The quantitative estimate of drug-likeness (QED) is 0.591. The van der Waals surface area contributed by atoms with Crippen molar-refractivity contribution in [2.75, 3.05) is 0 Å². The number of nitrogens with zero attached hydrogens (tertiary/aromatic N) is 2. The van der Waals surface area contributed by atoms with Crippen LogP contribution in [0.4, 0.5) is 0 Å². The number of carboxylic acid groups (broad SMARTS) is 2. The molecule has 2 unspecified atom stereocenters. The summed E-state index contributed by atoms with van der Waals surface area (Å²) in [5, 5.41) is 21.5. The number of para-hydroxylation sites is 1. The minimum Gasteiger partial charge on any atom is -0.480 e. The number of rotatable bonds is 10. The highest BCUT2D eigenvalue weighted by atomic mass is 16.7. The van der Waals surface area contributed by atoms with Crippen molar-refractivity contribution in [3.8, 4) is 5.75 Å². The van der Waals surface area contributed by atoms with Gasteiger partial charge in [0.2, 0.25) is 0 Å². The van der Waals surface area contributed by atoms with Crippen molar-refractivity contribution in [1.82, 2.24) is 15.0 Å². The topological polar surface area (TPSA) is 114 Å². The molecule has 8 nitrogen and oxygen atoms in total. The lowest BCUT2D eigenvalue weighted by molar-refractivity contribution is -0.142. The van der Waals surface area contributed by atoms with Crippen molar-refractivity contribution in [2.45, 2.75) is 38.8 Å². The first-order chi connectivity index (χ1) is 12.4. The molecule has 2 rings (SSSR count). The Kier molecular flexibility index (Phi) is 6.74. The van der Waals surface area contributed by atoms with Gasteiger partial charge in [-0.15, -0.1) is 0 Å². The molecule has 0 aliphatic rings. The summed E-state index contributed by atoms with van der Waals surface area (Å²) in [6.07, 6.45) is 3.30. The number of benzene rings is 1. The molecule has 0 saturated heterocycles. The molecule has 1 aromatic carbocycles. The van der Waals surface area contributed by atoms with Crippen LogP contribution < -0.4 is 10.2 Å². The lowest BCUT2D eigenvalue weighted by Crippen LogP contribution is -2.49. The van der Waals surface area contributed by atoms with Crippen LogP contribution in [0.1, 0.15) is 26.0 Å². The number of aromatic nitrogens is 2. The van der Waals surface area contributed by atoms with E-state index in [2.05, 4.69) is 10.3 Å². The first kappa shape index (κ1) is 19.5. The van der Waals surface area contributed by atoms with Crippen LogP contribution in [0.3, 0.4) is 0 Å².